The molecule has 0 radical (unpaired) electrons. The summed E-state index contributed by atoms with van der Waals surface area (Å²) in [4.78, 5) is 0. The summed E-state index contributed by atoms with van der Waals surface area (Å²) in [5.41, 5.74) is 0. The normalized spacial score (nSPS) is 9.94. The summed E-state index contributed by atoms with van der Waals surface area (Å²) in [5.74, 6) is 1.09. The third kappa shape index (κ3) is 3.62. The SMILES string of the molecule is C=CCCCOc1cc(Cl)cc(Cl)c1OC. The highest BCUT2D eigenvalue weighted by Gasteiger charge is 2.10. The molecule has 0 aromatic heterocycles. The van der Waals surface area contributed by atoms with Crippen LogP contribution in [0.4, 0.5) is 0 Å². The summed E-state index contributed by atoms with van der Waals surface area (Å²) >= 11 is 11.9. The van der Waals surface area contributed by atoms with Crippen LogP contribution in [0.3, 0.4) is 0 Å². The van der Waals surface area contributed by atoms with Crippen molar-refractivity contribution >= 4 is 23.2 Å². The molecule has 1 aromatic rings. The second kappa shape index (κ2) is 6.66. The fourth-order valence-electron chi connectivity index (χ4n) is 1.25. The Hall–Kier alpha value is -0.860. The molecule has 0 N–H and O–H groups in total. The first-order valence-corrected chi connectivity index (χ1v) is 5.71. The molecular formula is C12H14Cl2O2. The zero-order valence-corrected chi connectivity index (χ0v) is 10.6. The fraction of sp³-hybridized carbons (Fsp3) is 0.333. The van der Waals surface area contributed by atoms with Gasteiger partial charge in [0.15, 0.2) is 11.5 Å². The van der Waals surface area contributed by atoms with E-state index in [1.807, 2.05) is 6.08 Å². The van der Waals surface area contributed by atoms with E-state index >= 15 is 0 Å². The van der Waals surface area contributed by atoms with Crippen LogP contribution in [-0.4, -0.2) is 13.7 Å². The van der Waals surface area contributed by atoms with Crippen LogP contribution in [0.1, 0.15) is 12.8 Å². The first-order valence-electron chi connectivity index (χ1n) is 4.95. The lowest BCUT2D eigenvalue weighted by molar-refractivity contribution is 0.290. The van der Waals surface area contributed by atoms with Gasteiger partial charge < -0.3 is 9.47 Å². The molecule has 1 aromatic carbocycles. The minimum Gasteiger partial charge on any atom is -0.491 e. The highest BCUT2D eigenvalue weighted by molar-refractivity contribution is 6.35. The van der Waals surface area contributed by atoms with Gasteiger partial charge in [0.05, 0.1) is 18.7 Å². The van der Waals surface area contributed by atoms with Crippen molar-refractivity contribution in [1.82, 2.24) is 0 Å². The molecule has 4 heteroatoms. The lowest BCUT2D eigenvalue weighted by Crippen LogP contribution is -1.99. The third-order valence-corrected chi connectivity index (χ3v) is 2.49. The van der Waals surface area contributed by atoms with E-state index in [4.69, 9.17) is 32.7 Å². The first kappa shape index (κ1) is 13.2. The maximum absolute atomic E-state index is 5.97. The number of hydrogen-bond acceptors (Lipinski definition) is 2. The Morgan fingerprint density at radius 2 is 2.12 bits per heavy atom. The maximum Gasteiger partial charge on any atom is 0.179 e. The minimum atomic E-state index is 0.453. The molecule has 0 heterocycles. The molecule has 0 amide bonds. The second-order valence-corrected chi connectivity index (χ2v) is 4.04. The van der Waals surface area contributed by atoms with Gasteiger partial charge in [-0.05, 0) is 18.9 Å². The number of benzene rings is 1. The highest BCUT2D eigenvalue weighted by atomic mass is 35.5. The average Bonchev–Trinajstić information content (AvgIpc) is 2.24. The van der Waals surface area contributed by atoms with Crippen LogP contribution in [0.15, 0.2) is 24.8 Å². The molecule has 88 valence electrons. The Labute approximate surface area is 106 Å². The summed E-state index contributed by atoms with van der Waals surface area (Å²) in [5, 5.41) is 0.984. The zero-order chi connectivity index (χ0) is 12.0. The van der Waals surface area contributed by atoms with Gasteiger partial charge in [0.2, 0.25) is 0 Å². The quantitative estimate of drug-likeness (QED) is 0.560. The lowest BCUT2D eigenvalue weighted by atomic mass is 10.3. The molecule has 0 aliphatic carbocycles. The van der Waals surface area contributed by atoms with Crippen molar-refractivity contribution < 1.29 is 9.47 Å². The average molecular weight is 261 g/mol. The summed E-state index contributed by atoms with van der Waals surface area (Å²) in [6.07, 6.45) is 3.67. The van der Waals surface area contributed by atoms with Gasteiger partial charge in [0.25, 0.3) is 0 Å². The fourth-order valence-corrected chi connectivity index (χ4v) is 1.80. The van der Waals surface area contributed by atoms with Gasteiger partial charge in [0, 0.05) is 11.1 Å². The van der Waals surface area contributed by atoms with Crippen LogP contribution in [0.2, 0.25) is 10.0 Å². The number of methoxy groups -OCH3 is 1. The molecule has 0 aliphatic rings. The third-order valence-electron chi connectivity index (χ3n) is 1.99. The van der Waals surface area contributed by atoms with Crippen LogP contribution < -0.4 is 9.47 Å². The summed E-state index contributed by atoms with van der Waals surface area (Å²) in [6, 6.07) is 3.32. The Kier molecular flexibility index (Phi) is 5.50. The standard InChI is InChI=1S/C12H14Cl2O2/c1-3-4-5-6-16-11-8-9(13)7-10(14)12(11)15-2/h3,7-8H,1,4-6H2,2H3. The molecule has 0 unspecified atom stereocenters. The van der Waals surface area contributed by atoms with E-state index in [2.05, 4.69) is 6.58 Å². The predicted molar refractivity (Wildman–Crippen MR) is 67.9 cm³/mol. The van der Waals surface area contributed by atoms with Gasteiger partial charge in [-0.2, -0.15) is 0 Å². The van der Waals surface area contributed by atoms with Crippen molar-refractivity contribution in [2.75, 3.05) is 13.7 Å². The van der Waals surface area contributed by atoms with Gasteiger partial charge in [-0.1, -0.05) is 29.3 Å². The van der Waals surface area contributed by atoms with Gasteiger partial charge in [-0.3, -0.25) is 0 Å². The Morgan fingerprint density at radius 1 is 1.38 bits per heavy atom. The molecular weight excluding hydrogens is 247 g/mol. The lowest BCUT2D eigenvalue weighted by Gasteiger charge is -2.12. The van der Waals surface area contributed by atoms with Crippen molar-refractivity contribution in [2.45, 2.75) is 12.8 Å². The topological polar surface area (TPSA) is 18.5 Å². The van der Waals surface area contributed by atoms with Crippen molar-refractivity contribution in [1.29, 1.82) is 0 Å². The number of allylic oxidation sites excluding steroid dienone is 1. The van der Waals surface area contributed by atoms with Crippen molar-refractivity contribution in [3.8, 4) is 11.5 Å². The number of halogens is 2. The molecule has 0 aliphatic heterocycles. The maximum atomic E-state index is 5.97. The molecule has 1 rings (SSSR count). The first-order chi connectivity index (χ1) is 7.69. The van der Waals surface area contributed by atoms with E-state index < -0.39 is 0 Å². The van der Waals surface area contributed by atoms with Gasteiger partial charge in [-0.25, -0.2) is 0 Å². The summed E-state index contributed by atoms with van der Waals surface area (Å²) in [6.45, 7) is 4.23. The van der Waals surface area contributed by atoms with Crippen LogP contribution >= 0.6 is 23.2 Å². The van der Waals surface area contributed by atoms with E-state index in [1.165, 1.54) is 0 Å². The summed E-state index contributed by atoms with van der Waals surface area (Å²) < 4.78 is 10.7. The predicted octanol–water partition coefficient (Wildman–Crippen LogP) is 4.35. The molecule has 0 atom stereocenters. The molecule has 0 fully saturated rings. The van der Waals surface area contributed by atoms with Gasteiger partial charge in [0.1, 0.15) is 0 Å². The van der Waals surface area contributed by atoms with Crippen LogP contribution in [0.5, 0.6) is 11.5 Å². The van der Waals surface area contributed by atoms with Crippen LogP contribution in [0.25, 0.3) is 0 Å². The second-order valence-electron chi connectivity index (χ2n) is 3.20. The smallest absolute Gasteiger partial charge is 0.179 e. The Bertz CT molecular complexity index is 364. The number of rotatable bonds is 6. The monoisotopic (exact) mass is 260 g/mol. The van der Waals surface area contributed by atoms with Crippen LogP contribution in [-0.2, 0) is 0 Å². The molecule has 0 spiro atoms. The molecule has 16 heavy (non-hydrogen) atoms. The van der Waals surface area contributed by atoms with Crippen molar-refractivity contribution in [3.05, 3.63) is 34.8 Å². The van der Waals surface area contributed by atoms with Gasteiger partial charge in [-0.15, -0.1) is 6.58 Å². The zero-order valence-electron chi connectivity index (χ0n) is 9.13. The number of hydrogen-bond donors (Lipinski definition) is 0. The van der Waals surface area contributed by atoms with Gasteiger partial charge >= 0.3 is 0 Å². The molecule has 2 nitrogen and oxygen atoms in total. The Morgan fingerprint density at radius 3 is 2.75 bits per heavy atom. The van der Waals surface area contributed by atoms with Crippen molar-refractivity contribution in [3.63, 3.8) is 0 Å². The van der Waals surface area contributed by atoms with E-state index in [9.17, 15) is 0 Å². The number of ether oxygens (including phenoxy) is 2. The van der Waals surface area contributed by atoms with E-state index in [0.29, 0.717) is 28.2 Å². The molecule has 0 saturated heterocycles. The van der Waals surface area contributed by atoms with E-state index in [-0.39, 0.29) is 0 Å². The Balaban J connectivity index is 2.73. The minimum absolute atomic E-state index is 0.453. The molecule has 0 saturated carbocycles. The van der Waals surface area contributed by atoms with E-state index in [0.717, 1.165) is 12.8 Å². The number of unbranched alkanes of at least 4 members (excludes halogenated alkanes) is 1. The van der Waals surface area contributed by atoms with E-state index in [1.54, 1.807) is 19.2 Å². The van der Waals surface area contributed by atoms with Crippen molar-refractivity contribution in [2.24, 2.45) is 0 Å². The summed E-state index contributed by atoms with van der Waals surface area (Å²) in [7, 11) is 1.55. The molecule has 0 bridgehead atoms. The van der Waals surface area contributed by atoms with Crippen LogP contribution in [0, 0.1) is 0 Å². The largest absolute Gasteiger partial charge is 0.491 e. The highest BCUT2D eigenvalue weighted by Crippen LogP contribution is 2.37.